The number of alkyl halides is 1. The maximum absolute atomic E-state index is 13.1. The number of nitrogens with one attached hydrogen (secondary N) is 1. The minimum Gasteiger partial charge on any atom is -0.465 e. The normalized spacial score (nSPS) is 11.9. The molecular weight excluding hydrogens is 492 g/mol. The van der Waals surface area contributed by atoms with Gasteiger partial charge in [0, 0.05) is 27.1 Å². The standard InChI is InChI=1S/C24H23FN3O3PS2/c1-13(2)20-19(14-6-8-16(9-7-14)31-23(25)32)27-24(34-20)28-21-17(22(29)30-3)11-15(12-26-21)18-5-4-10-33-18/h4-13,23H,32H2,1-3H3,(H,26,27,28). The number of methoxy groups -OCH3 is 1. The van der Waals surface area contributed by atoms with E-state index >= 15 is 0 Å². The molecule has 1 N–H and O–H groups in total. The van der Waals surface area contributed by atoms with Crippen LogP contribution in [0.4, 0.5) is 15.3 Å². The number of ether oxygens (including phenoxy) is 2. The van der Waals surface area contributed by atoms with Gasteiger partial charge >= 0.3 is 5.97 Å². The first-order chi connectivity index (χ1) is 16.4. The Balaban J connectivity index is 1.67. The van der Waals surface area contributed by atoms with Gasteiger partial charge in [-0.3, -0.25) is 0 Å². The number of aromatic nitrogens is 2. The molecule has 0 radical (unpaired) electrons. The van der Waals surface area contributed by atoms with Crippen LogP contribution < -0.4 is 10.1 Å². The summed E-state index contributed by atoms with van der Waals surface area (Å²) < 4.78 is 23.1. The molecule has 0 bridgehead atoms. The summed E-state index contributed by atoms with van der Waals surface area (Å²) in [6.45, 7) is 4.18. The highest BCUT2D eigenvalue weighted by atomic mass is 32.1. The summed E-state index contributed by atoms with van der Waals surface area (Å²) in [4.78, 5) is 23.9. The van der Waals surface area contributed by atoms with E-state index in [1.807, 2.05) is 38.9 Å². The van der Waals surface area contributed by atoms with Crippen molar-refractivity contribution in [2.45, 2.75) is 25.9 Å². The second kappa shape index (κ2) is 10.6. The van der Waals surface area contributed by atoms with Crippen LogP contribution in [0.15, 0.2) is 54.0 Å². The number of esters is 1. The second-order valence-electron chi connectivity index (χ2n) is 7.59. The predicted octanol–water partition coefficient (Wildman–Crippen LogP) is 7.09. The Kier molecular flexibility index (Phi) is 7.56. The molecular formula is C24H23FN3O3PS2. The van der Waals surface area contributed by atoms with Crippen LogP contribution >= 0.6 is 31.9 Å². The van der Waals surface area contributed by atoms with Crippen LogP contribution in [0.1, 0.15) is 35.0 Å². The van der Waals surface area contributed by atoms with Crippen molar-refractivity contribution in [2.75, 3.05) is 12.4 Å². The van der Waals surface area contributed by atoms with Gasteiger partial charge in [-0.25, -0.2) is 14.8 Å². The van der Waals surface area contributed by atoms with E-state index in [0.29, 0.717) is 22.3 Å². The first kappa shape index (κ1) is 24.3. The average Bonchev–Trinajstić information content (AvgIpc) is 3.50. The first-order valence-corrected chi connectivity index (χ1v) is 12.8. The Bertz CT molecular complexity index is 1280. The summed E-state index contributed by atoms with van der Waals surface area (Å²) in [5.41, 5.74) is 2.86. The number of halogens is 1. The number of thiazole rings is 1. The van der Waals surface area contributed by atoms with E-state index < -0.39 is 12.1 Å². The molecule has 2 atom stereocenters. The van der Waals surface area contributed by atoms with Crippen molar-refractivity contribution >= 4 is 48.8 Å². The third kappa shape index (κ3) is 5.43. The van der Waals surface area contributed by atoms with E-state index in [-0.39, 0.29) is 5.92 Å². The number of anilines is 2. The van der Waals surface area contributed by atoms with Crippen LogP contribution in [0, 0.1) is 0 Å². The maximum atomic E-state index is 13.1. The average molecular weight is 516 g/mol. The molecule has 176 valence electrons. The molecule has 3 aromatic heterocycles. The van der Waals surface area contributed by atoms with Crippen molar-refractivity contribution in [3.8, 4) is 27.4 Å². The highest BCUT2D eigenvalue weighted by Gasteiger charge is 2.20. The largest absolute Gasteiger partial charge is 0.465 e. The smallest absolute Gasteiger partial charge is 0.341 e. The Morgan fingerprint density at radius 2 is 1.94 bits per heavy atom. The lowest BCUT2D eigenvalue weighted by molar-refractivity contribution is 0.0601. The molecule has 0 aliphatic heterocycles. The zero-order valence-corrected chi connectivity index (χ0v) is 21.5. The van der Waals surface area contributed by atoms with Crippen LogP contribution in [0.5, 0.6) is 5.75 Å². The lowest BCUT2D eigenvalue weighted by Gasteiger charge is -2.09. The molecule has 0 fully saturated rings. The lowest BCUT2D eigenvalue weighted by atomic mass is 10.1. The van der Waals surface area contributed by atoms with Gasteiger partial charge < -0.3 is 14.8 Å². The maximum Gasteiger partial charge on any atom is 0.341 e. The highest BCUT2D eigenvalue weighted by molar-refractivity contribution is 7.17. The summed E-state index contributed by atoms with van der Waals surface area (Å²) in [5, 5.41) is 5.78. The number of rotatable bonds is 8. The molecule has 0 aliphatic rings. The second-order valence-corrected chi connectivity index (χ2v) is 10.1. The molecule has 0 saturated heterocycles. The monoisotopic (exact) mass is 515 g/mol. The van der Waals surface area contributed by atoms with Gasteiger partial charge in [0.1, 0.15) is 17.1 Å². The summed E-state index contributed by atoms with van der Waals surface area (Å²) in [6, 6.07) is 12.8. The van der Waals surface area contributed by atoms with Crippen molar-refractivity contribution in [2.24, 2.45) is 0 Å². The quantitative estimate of drug-likeness (QED) is 0.199. The molecule has 0 spiro atoms. The van der Waals surface area contributed by atoms with Gasteiger partial charge in [0.05, 0.1) is 12.8 Å². The van der Waals surface area contributed by atoms with Crippen molar-refractivity contribution in [3.63, 3.8) is 0 Å². The van der Waals surface area contributed by atoms with E-state index in [1.54, 1.807) is 35.7 Å². The molecule has 34 heavy (non-hydrogen) atoms. The van der Waals surface area contributed by atoms with Crippen molar-refractivity contribution in [3.05, 3.63) is 64.5 Å². The SMILES string of the molecule is COC(=O)c1cc(-c2cccs2)cnc1Nc1nc(-c2ccc(OC(F)P)cc2)c(C(C)C)s1. The van der Waals surface area contributed by atoms with Crippen LogP contribution in [-0.4, -0.2) is 29.1 Å². The summed E-state index contributed by atoms with van der Waals surface area (Å²) in [7, 11) is 3.30. The third-order valence-electron chi connectivity index (χ3n) is 4.88. The van der Waals surface area contributed by atoms with E-state index in [9.17, 15) is 9.18 Å². The highest BCUT2D eigenvalue weighted by Crippen LogP contribution is 2.38. The molecule has 0 amide bonds. The summed E-state index contributed by atoms with van der Waals surface area (Å²) >= 11 is 3.07. The summed E-state index contributed by atoms with van der Waals surface area (Å²) in [5.74, 6) is 0.546. The zero-order valence-electron chi connectivity index (χ0n) is 18.7. The number of hydrogen-bond acceptors (Lipinski definition) is 8. The van der Waals surface area contributed by atoms with Crippen LogP contribution in [0.25, 0.3) is 21.7 Å². The Morgan fingerprint density at radius 1 is 1.18 bits per heavy atom. The number of carbonyl (C=O) groups is 1. The van der Waals surface area contributed by atoms with Crippen molar-refractivity contribution in [1.82, 2.24) is 9.97 Å². The fourth-order valence-corrected chi connectivity index (χ4v) is 5.17. The zero-order chi connectivity index (χ0) is 24.2. The van der Waals surface area contributed by atoms with Gasteiger partial charge in [0.2, 0.25) is 6.10 Å². The molecule has 6 nitrogen and oxygen atoms in total. The van der Waals surface area contributed by atoms with Crippen LogP contribution in [-0.2, 0) is 4.74 Å². The van der Waals surface area contributed by atoms with Crippen molar-refractivity contribution < 1.29 is 18.7 Å². The lowest BCUT2D eigenvalue weighted by Crippen LogP contribution is -2.07. The predicted molar refractivity (Wildman–Crippen MR) is 139 cm³/mol. The minimum absolute atomic E-state index is 0.218. The van der Waals surface area contributed by atoms with Gasteiger partial charge in [-0.05, 0) is 47.7 Å². The first-order valence-electron chi connectivity index (χ1n) is 10.4. The number of carbonyl (C=O) groups excluding carboxylic acids is 1. The fourth-order valence-electron chi connectivity index (χ4n) is 3.31. The minimum atomic E-state index is -1.46. The Morgan fingerprint density at radius 3 is 2.56 bits per heavy atom. The molecule has 2 unspecified atom stereocenters. The molecule has 3 heterocycles. The Labute approximate surface area is 207 Å². The number of nitrogens with zero attached hydrogens (tertiary/aromatic N) is 2. The number of hydrogen-bond donors (Lipinski definition) is 1. The van der Waals surface area contributed by atoms with E-state index in [0.717, 1.165) is 26.6 Å². The van der Waals surface area contributed by atoms with Gasteiger partial charge in [-0.1, -0.05) is 29.2 Å². The molecule has 0 aliphatic carbocycles. The van der Waals surface area contributed by atoms with Crippen molar-refractivity contribution in [1.29, 1.82) is 0 Å². The van der Waals surface area contributed by atoms with Gasteiger partial charge in [-0.2, -0.15) is 4.39 Å². The van der Waals surface area contributed by atoms with Gasteiger partial charge in [-0.15, -0.1) is 22.7 Å². The molecule has 1 aromatic carbocycles. The Hall–Kier alpha value is -2.87. The van der Waals surface area contributed by atoms with Gasteiger partial charge in [0.15, 0.2) is 5.13 Å². The van der Waals surface area contributed by atoms with E-state index in [1.165, 1.54) is 18.4 Å². The van der Waals surface area contributed by atoms with E-state index in [4.69, 9.17) is 14.5 Å². The molecule has 0 saturated carbocycles. The van der Waals surface area contributed by atoms with E-state index in [2.05, 4.69) is 24.1 Å². The number of benzene rings is 1. The van der Waals surface area contributed by atoms with Gasteiger partial charge in [0.25, 0.3) is 0 Å². The molecule has 4 aromatic rings. The fraction of sp³-hybridized carbons (Fsp3) is 0.208. The summed E-state index contributed by atoms with van der Waals surface area (Å²) in [6.07, 6.45) is 0.260. The van der Waals surface area contributed by atoms with Crippen LogP contribution in [0.2, 0.25) is 0 Å². The number of thiophene rings is 1. The molecule has 4 rings (SSSR count). The number of pyridine rings is 1. The third-order valence-corrected chi connectivity index (χ3v) is 7.20. The topological polar surface area (TPSA) is 73.3 Å². The van der Waals surface area contributed by atoms with Crippen LogP contribution in [0.3, 0.4) is 0 Å². The molecule has 10 heteroatoms.